The fourth-order valence-electron chi connectivity index (χ4n) is 2.09. The Morgan fingerprint density at radius 3 is 1.33 bits per heavy atom. The molecule has 18 nitrogen and oxygen atoms in total. The molecule has 0 aromatic rings. The monoisotopic (exact) mass is 602 g/mol. The third-order valence-corrected chi connectivity index (χ3v) is 4.69. The van der Waals surface area contributed by atoms with Crippen molar-refractivity contribution in [1.29, 1.82) is 0 Å². The fourth-order valence-corrected chi connectivity index (χ4v) is 3.86. The molecule has 1 aliphatic rings. The van der Waals surface area contributed by atoms with Crippen molar-refractivity contribution in [2.24, 2.45) is 0 Å². The Balaban J connectivity index is -0.00000105. The van der Waals surface area contributed by atoms with Crippen LogP contribution in [0.2, 0.25) is 0 Å². The zero-order chi connectivity index (χ0) is 22.8. The van der Waals surface area contributed by atoms with Crippen molar-refractivity contribution in [3.05, 3.63) is 0 Å². The van der Waals surface area contributed by atoms with Crippen LogP contribution < -0.4 is 118 Å². The van der Waals surface area contributed by atoms with E-state index >= 15 is 0 Å². The summed E-state index contributed by atoms with van der Waals surface area (Å²) >= 11 is 0. The van der Waals surface area contributed by atoms with Gasteiger partial charge < -0.3 is 27.7 Å². The molecule has 0 aromatic carbocycles. The number of methoxy groups -OCH3 is 1. The van der Waals surface area contributed by atoms with Crippen LogP contribution in [0.3, 0.4) is 0 Å². The smallest absolute Gasteiger partial charge is 0.726 e. The molecule has 0 unspecified atom stereocenters. The number of hydrogen-bond donors (Lipinski definition) is 0. The molecule has 0 spiro atoms. The van der Waals surface area contributed by atoms with E-state index in [-0.39, 0.29) is 118 Å². The maximum absolute atomic E-state index is 10.9. The second-order valence-electron chi connectivity index (χ2n) is 4.88. The Hall–Kier alpha value is 3.40. The van der Waals surface area contributed by atoms with Gasteiger partial charge in [0.15, 0.2) is 12.4 Å². The van der Waals surface area contributed by atoms with Gasteiger partial charge in [0.25, 0.3) is 0 Å². The molecule has 0 saturated carbocycles. The molecule has 1 fully saturated rings. The molecule has 5 atom stereocenters. The number of ether oxygens (including phenoxy) is 2. The summed E-state index contributed by atoms with van der Waals surface area (Å²) in [5.74, 6) is 0. The molecule has 0 bridgehead atoms. The maximum atomic E-state index is 10.9. The average molecular weight is 602 g/mol. The quantitative estimate of drug-likeness (QED) is 0.127. The van der Waals surface area contributed by atoms with Gasteiger partial charge in [-0.3, -0.25) is 16.7 Å². The molecule has 26 heteroatoms. The standard InChI is InChI=1S/C7H14O18S4.4Na/c1-20-7-6(25-29(17,18)19)5(24-28(14,15)16)4(23-27(11,12)13)3(22-7)2-21-26(8,9)10;;;;/h3-7H,2H2,1H3,(H,8,9,10)(H,11,12,13)(H,14,15,16)(H,17,18,19);;;;/q;4*+1/p-4/t3-,4-,5+,6+,7+;;;;/m1..../s1. The predicted octanol–water partition coefficient (Wildman–Crippen LogP) is -16.6. The third kappa shape index (κ3) is 18.3. The maximum Gasteiger partial charge on any atom is 1.00 e. The van der Waals surface area contributed by atoms with Gasteiger partial charge in [-0.05, 0) is 0 Å². The zero-order valence-electron chi connectivity index (χ0n) is 17.6. The topological polar surface area (TPSA) is 284 Å². The van der Waals surface area contributed by atoms with Crippen LogP contribution in [0.15, 0.2) is 0 Å². The second kappa shape index (κ2) is 17.2. The molecule has 0 aliphatic carbocycles. The van der Waals surface area contributed by atoms with E-state index in [0.29, 0.717) is 0 Å². The number of hydrogen-bond acceptors (Lipinski definition) is 18. The fraction of sp³-hybridized carbons (Fsp3) is 1.00. The molecule has 1 saturated heterocycles. The first-order valence-corrected chi connectivity index (χ1v) is 11.9. The first kappa shape index (κ1) is 43.5. The Morgan fingerprint density at radius 1 is 0.636 bits per heavy atom. The van der Waals surface area contributed by atoms with Gasteiger partial charge in [0.1, 0.15) is 18.3 Å². The average Bonchev–Trinajstić information content (AvgIpc) is 2.44. The Morgan fingerprint density at radius 2 is 1.00 bits per heavy atom. The van der Waals surface area contributed by atoms with Crippen LogP contribution in [-0.4, -0.2) is 96.3 Å². The molecular weight excluding hydrogens is 592 g/mol. The van der Waals surface area contributed by atoms with Crippen LogP contribution in [0.4, 0.5) is 0 Å². The minimum Gasteiger partial charge on any atom is -0.726 e. The van der Waals surface area contributed by atoms with Gasteiger partial charge in [0.2, 0.25) is 41.6 Å². The van der Waals surface area contributed by atoms with E-state index in [2.05, 4.69) is 21.5 Å². The zero-order valence-corrected chi connectivity index (χ0v) is 28.8. The third-order valence-electron chi connectivity index (χ3n) is 2.89. The summed E-state index contributed by atoms with van der Waals surface area (Å²) in [6, 6.07) is 0. The summed E-state index contributed by atoms with van der Waals surface area (Å²) in [6.07, 6.45) is -12.3. The van der Waals surface area contributed by atoms with Crippen molar-refractivity contribution in [2.75, 3.05) is 13.7 Å². The van der Waals surface area contributed by atoms with E-state index in [4.69, 9.17) is 4.74 Å². The van der Waals surface area contributed by atoms with Crippen molar-refractivity contribution < 1.29 is 196 Å². The Kier molecular flexibility index (Phi) is 22.6. The minimum atomic E-state index is -5.83. The van der Waals surface area contributed by atoms with Gasteiger partial charge in [-0.15, -0.1) is 0 Å². The molecule has 0 radical (unpaired) electrons. The van der Waals surface area contributed by atoms with Crippen molar-refractivity contribution in [3.63, 3.8) is 0 Å². The van der Waals surface area contributed by atoms with E-state index in [0.717, 1.165) is 7.11 Å². The summed E-state index contributed by atoms with van der Waals surface area (Å²) in [7, 11) is -22.1. The molecule has 0 aromatic heterocycles. The first-order valence-electron chi connectivity index (χ1n) is 6.52. The van der Waals surface area contributed by atoms with Crippen molar-refractivity contribution in [2.45, 2.75) is 30.7 Å². The molecule has 1 aliphatic heterocycles. The Bertz CT molecular complexity index is 994. The van der Waals surface area contributed by atoms with E-state index in [1.54, 1.807) is 0 Å². The molecule has 0 N–H and O–H groups in total. The van der Waals surface area contributed by atoms with Crippen LogP contribution in [-0.2, 0) is 67.8 Å². The first-order chi connectivity index (χ1) is 12.8. The molecule has 33 heavy (non-hydrogen) atoms. The Labute approximate surface area is 278 Å². The van der Waals surface area contributed by atoms with Gasteiger partial charge in [-0.2, -0.15) is 0 Å². The molecule has 174 valence electrons. The van der Waals surface area contributed by atoms with Gasteiger partial charge in [0, 0.05) is 7.11 Å². The molecule has 0 amide bonds. The molecule has 1 heterocycles. The van der Waals surface area contributed by atoms with E-state index in [1.807, 2.05) is 0 Å². The second-order valence-corrected chi connectivity index (χ2v) is 8.96. The van der Waals surface area contributed by atoms with Crippen LogP contribution in [0.1, 0.15) is 0 Å². The van der Waals surface area contributed by atoms with Gasteiger partial charge in [-0.1, -0.05) is 0 Å². The van der Waals surface area contributed by atoms with Gasteiger partial charge >= 0.3 is 118 Å². The summed E-state index contributed by atoms with van der Waals surface area (Å²) in [6.45, 7) is -1.46. The predicted molar refractivity (Wildman–Crippen MR) is 75.0 cm³/mol. The van der Waals surface area contributed by atoms with Crippen molar-refractivity contribution in [1.82, 2.24) is 0 Å². The number of rotatable bonds is 10. The van der Waals surface area contributed by atoms with Gasteiger partial charge in [0.05, 0.1) is 6.61 Å². The normalized spacial score (nSPS) is 26.0. The van der Waals surface area contributed by atoms with E-state index in [9.17, 15) is 51.9 Å². The summed E-state index contributed by atoms with van der Waals surface area (Å²) in [5, 5.41) is 0. The van der Waals surface area contributed by atoms with Crippen molar-refractivity contribution in [3.8, 4) is 0 Å². The summed E-state index contributed by atoms with van der Waals surface area (Å²) < 4.78 is 155. The summed E-state index contributed by atoms with van der Waals surface area (Å²) in [4.78, 5) is 0. The van der Waals surface area contributed by atoms with Crippen LogP contribution in [0.25, 0.3) is 0 Å². The molecule has 1 rings (SSSR count). The summed E-state index contributed by atoms with van der Waals surface area (Å²) in [5.41, 5.74) is 0. The largest absolute Gasteiger partial charge is 1.00 e. The van der Waals surface area contributed by atoms with Crippen LogP contribution >= 0.6 is 0 Å². The SMILES string of the molecule is CO[C@H]1O[C@H](COS(=O)(=O)[O-])[C@@H](OS(=O)(=O)[O-])[C@H](OS(=O)(=O)[O-])[C@@H]1OS(=O)(=O)[O-].[Na+].[Na+].[Na+].[Na+]. The van der Waals surface area contributed by atoms with Crippen LogP contribution in [0, 0.1) is 0 Å². The van der Waals surface area contributed by atoms with Gasteiger partial charge in [-0.25, -0.2) is 33.7 Å². The van der Waals surface area contributed by atoms with Crippen molar-refractivity contribution >= 4 is 41.6 Å². The minimum absolute atomic E-state index is 0. The van der Waals surface area contributed by atoms with E-state index < -0.39 is 78.9 Å². The molecular formula is C7H10Na4O18S4. The van der Waals surface area contributed by atoms with E-state index in [1.165, 1.54) is 0 Å². The van der Waals surface area contributed by atoms with Crippen LogP contribution in [0.5, 0.6) is 0 Å².